The van der Waals surface area contributed by atoms with Crippen molar-refractivity contribution in [3.05, 3.63) is 83.6 Å². The largest absolute Gasteiger partial charge is 0.478 e. The Morgan fingerprint density at radius 3 is 2.09 bits per heavy atom. The minimum atomic E-state index is -0.918. The first-order chi connectivity index (χ1) is 16.2. The normalized spacial score (nSPS) is 16.1. The summed E-state index contributed by atoms with van der Waals surface area (Å²) in [5.41, 5.74) is 5.80. The minimum absolute atomic E-state index is 0.282. The van der Waals surface area contributed by atoms with E-state index in [2.05, 4.69) is 68.2 Å². The molecule has 170 valence electrons. The fraction of sp³-hybridized carbons (Fsp3) is 0.333. The van der Waals surface area contributed by atoms with E-state index in [1.807, 2.05) is 0 Å². The topological polar surface area (TPSA) is 59.9 Å². The Morgan fingerprint density at radius 2 is 1.45 bits per heavy atom. The number of carboxylic acids is 1. The van der Waals surface area contributed by atoms with Gasteiger partial charge in [0.1, 0.15) is 11.4 Å². The molecule has 3 aromatic rings. The second-order valence-electron chi connectivity index (χ2n) is 8.77. The van der Waals surface area contributed by atoms with Gasteiger partial charge in [-0.1, -0.05) is 36.4 Å². The minimum Gasteiger partial charge on any atom is -0.478 e. The number of fused-ring (bicyclic) bond motifs is 2. The zero-order valence-electron chi connectivity index (χ0n) is 18.9. The number of piperazine rings is 1. The van der Waals surface area contributed by atoms with Crippen LogP contribution in [0.15, 0.2) is 66.9 Å². The Hall–Kier alpha value is -3.38. The van der Waals surface area contributed by atoms with E-state index in [1.54, 1.807) is 18.3 Å². The molecule has 6 heteroatoms. The van der Waals surface area contributed by atoms with E-state index < -0.39 is 5.97 Å². The summed E-state index contributed by atoms with van der Waals surface area (Å²) >= 11 is 0. The van der Waals surface area contributed by atoms with Gasteiger partial charge in [0.2, 0.25) is 0 Å². The highest BCUT2D eigenvalue weighted by Gasteiger charge is 2.23. The predicted molar refractivity (Wildman–Crippen MR) is 132 cm³/mol. The molecule has 3 heterocycles. The number of pyridine rings is 1. The van der Waals surface area contributed by atoms with Crippen LogP contribution in [0.5, 0.6) is 0 Å². The van der Waals surface area contributed by atoms with Gasteiger partial charge in [0, 0.05) is 50.3 Å². The lowest BCUT2D eigenvalue weighted by molar-refractivity contribution is 0.0697. The molecule has 6 nitrogen and oxygen atoms in total. The molecule has 1 saturated heterocycles. The maximum atomic E-state index is 11.5. The standard InChI is InChI=1S/C27H30N4O2/c32-27(33)23-9-5-14-28-26(23)30-19-17-29(18-20-30)15-6-16-31-24-10-3-1-7-21(24)12-13-22-8-2-4-11-25(22)31/h1-5,7-11,14H,6,12-13,15-20H2,(H,32,33). The molecule has 1 N–H and O–H groups in total. The number of rotatable bonds is 6. The molecule has 2 aliphatic heterocycles. The number of hydrogen-bond acceptors (Lipinski definition) is 5. The molecule has 0 atom stereocenters. The van der Waals surface area contributed by atoms with Gasteiger partial charge in [0.05, 0.1) is 0 Å². The molecular formula is C27H30N4O2. The molecule has 2 aliphatic rings. The highest BCUT2D eigenvalue weighted by molar-refractivity contribution is 5.93. The number of aromatic nitrogens is 1. The fourth-order valence-electron chi connectivity index (χ4n) is 5.06. The van der Waals surface area contributed by atoms with Crippen LogP contribution in [-0.2, 0) is 12.8 Å². The summed E-state index contributed by atoms with van der Waals surface area (Å²) in [5, 5.41) is 9.47. The molecular weight excluding hydrogens is 412 g/mol. The van der Waals surface area contributed by atoms with E-state index in [0.29, 0.717) is 5.82 Å². The van der Waals surface area contributed by atoms with Crippen molar-refractivity contribution < 1.29 is 9.90 Å². The summed E-state index contributed by atoms with van der Waals surface area (Å²) in [6.45, 7) is 5.45. The van der Waals surface area contributed by atoms with Crippen molar-refractivity contribution in [2.24, 2.45) is 0 Å². The van der Waals surface area contributed by atoms with Crippen LogP contribution in [0.1, 0.15) is 27.9 Å². The third kappa shape index (κ3) is 4.57. The lowest BCUT2D eigenvalue weighted by Crippen LogP contribution is -2.47. The Bertz CT molecular complexity index is 1080. The number of benzene rings is 2. The van der Waals surface area contributed by atoms with Crippen molar-refractivity contribution in [2.45, 2.75) is 19.3 Å². The van der Waals surface area contributed by atoms with Crippen LogP contribution in [0.3, 0.4) is 0 Å². The molecule has 0 spiro atoms. The van der Waals surface area contributed by atoms with Crippen LogP contribution in [0.4, 0.5) is 17.2 Å². The quantitative estimate of drug-likeness (QED) is 0.617. The SMILES string of the molecule is O=C(O)c1cccnc1N1CCN(CCCN2c3ccccc3CCc3ccccc32)CC1. The second-order valence-corrected chi connectivity index (χ2v) is 8.77. The van der Waals surface area contributed by atoms with Crippen LogP contribution in [0, 0.1) is 0 Å². The number of aryl methyl sites for hydroxylation is 2. The van der Waals surface area contributed by atoms with Crippen LogP contribution < -0.4 is 9.80 Å². The smallest absolute Gasteiger partial charge is 0.339 e. The number of anilines is 3. The first kappa shape index (κ1) is 21.5. The molecule has 2 aromatic carbocycles. The average molecular weight is 443 g/mol. The van der Waals surface area contributed by atoms with Crippen molar-refractivity contribution in [1.29, 1.82) is 0 Å². The van der Waals surface area contributed by atoms with Gasteiger partial charge in [0.25, 0.3) is 0 Å². The summed E-state index contributed by atoms with van der Waals surface area (Å²) in [6, 6.07) is 20.9. The maximum Gasteiger partial charge on any atom is 0.339 e. The van der Waals surface area contributed by atoms with Crippen LogP contribution in [-0.4, -0.2) is 60.2 Å². The van der Waals surface area contributed by atoms with Crippen molar-refractivity contribution in [3.8, 4) is 0 Å². The Labute approximate surface area is 195 Å². The number of carboxylic acid groups (broad SMARTS) is 1. The average Bonchev–Trinajstić information content (AvgIpc) is 3.02. The zero-order chi connectivity index (χ0) is 22.6. The second kappa shape index (κ2) is 9.63. The molecule has 5 rings (SSSR count). The molecule has 0 radical (unpaired) electrons. The molecule has 0 saturated carbocycles. The third-order valence-electron chi connectivity index (χ3n) is 6.77. The van der Waals surface area contributed by atoms with Crippen molar-refractivity contribution >= 4 is 23.2 Å². The lowest BCUT2D eigenvalue weighted by Gasteiger charge is -2.36. The Balaban J connectivity index is 1.22. The van der Waals surface area contributed by atoms with Crippen molar-refractivity contribution in [1.82, 2.24) is 9.88 Å². The number of carbonyl (C=O) groups is 1. The van der Waals surface area contributed by atoms with E-state index in [9.17, 15) is 9.90 Å². The summed E-state index contributed by atoms with van der Waals surface area (Å²) in [4.78, 5) is 23.0. The van der Waals surface area contributed by atoms with Gasteiger partial charge in [-0.3, -0.25) is 4.90 Å². The molecule has 0 bridgehead atoms. The Morgan fingerprint density at radius 1 is 0.818 bits per heavy atom. The molecule has 1 fully saturated rings. The highest BCUT2D eigenvalue weighted by atomic mass is 16.4. The summed E-state index contributed by atoms with van der Waals surface area (Å²) < 4.78 is 0. The van der Waals surface area contributed by atoms with Crippen LogP contribution in [0.25, 0.3) is 0 Å². The van der Waals surface area contributed by atoms with E-state index in [-0.39, 0.29) is 5.56 Å². The van der Waals surface area contributed by atoms with E-state index >= 15 is 0 Å². The summed E-state index contributed by atoms with van der Waals surface area (Å²) in [7, 11) is 0. The molecule has 0 aliphatic carbocycles. The molecule has 0 amide bonds. The molecule has 0 unspecified atom stereocenters. The Kier molecular flexibility index (Phi) is 6.26. The number of hydrogen-bond donors (Lipinski definition) is 1. The van der Waals surface area contributed by atoms with E-state index in [1.165, 1.54) is 22.5 Å². The van der Waals surface area contributed by atoms with Gasteiger partial charge in [-0.15, -0.1) is 0 Å². The van der Waals surface area contributed by atoms with Crippen LogP contribution >= 0.6 is 0 Å². The van der Waals surface area contributed by atoms with Gasteiger partial charge in [0.15, 0.2) is 0 Å². The number of nitrogens with zero attached hydrogens (tertiary/aromatic N) is 4. The van der Waals surface area contributed by atoms with Gasteiger partial charge in [-0.2, -0.15) is 0 Å². The van der Waals surface area contributed by atoms with Gasteiger partial charge in [-0.05, 0) is 61.2 Å². The molecule has 33 heavy (non-hydrogen) atoms. The monoisotopic (exact) mass is 442 g/mol. The molecule has 1 aromatic heterocycles. The van der Waals surface area contributed by atoms with Gasteiger partial charge < -0.3 is 14.9 Å². The van der Waals surface area contributed by atoms with Gasteiger partial charge >= 0.3 is 5.97 Å². The summed E-state index contributed by atoms with van der Waals surface area (Å²) in [6.07, 6.45) is 4.91. The number of para-hydroxylation sites is 2. The summed E-state index contributed by atoms with van der Waals surface area (Å²) in [5.74, 6) is -0.332. The van der Waals surface area contributed by atoms with Crippen molar-refractivity contribution in [3.63, 3.8) is 0 Å². The maximum absolute atomic E-state index is 11.5. The van der Waals surface area contributed by atoms with E-state index in [4.69, 9.17) is 0 Å². The first-order valence-electron chi connectivity index (χ1n) is 11.8. The lowest BCUT2D eigenvalue weighted by atomic mass is 10.0. The number of aromatic carboxylic acids is 1. The third-order valence-corrected chi connectivity index (χ3v) is 6.77. The van der Waals surface area contributed by atoms with Crippen molar-refractivity contribution in [2.75, 3.05) is 49.1 Å². The first-order valence-corrected chi connectivity index (χ1v) is 11.8. The van der Waals surface area contributed by atoms with Gasteiger partial charge in [-0.25, -0.2) is 9.78 Å². The fourth-order valence-corrected chi connectivity index (χ4v) is 5.06. The highest BCUT2D eigenvalue weighted by Crippen LogP contribution is 2.35. The van der Waals surface area contributed by atoms with E-state index in [0.717, 1.165) is 58.5 Å². The van der Waals surface area contributed by atoms with Crippen LogP contribution in [0.2, 0.25) is 0 Å². The zero-order valence-corrected chi connectivity index (χ0v) is 18.9. The predicted octanol–water partition coefficient (Wildman–Crippen LogP) is 4.23.